The Morgan fingerprint density at radius 3 is 2.59 bits per heavy atom. The molecule has 2 aromatic rings. The Balaban J connectivity index is 1.60. The van der Waals surface area contributed by atoms with Crippen molar-refractivity contribution in [2.24, 2.45) is 0 Å². The van der Waals surface area contributed by atoms with Crippen LogP contribution in [0.25, 0.3) is 11.3 Å². The number of aromatic nitrogens is 1. The van der Waals surface area contributed by atoms with Crippen molar-refractivity contribution in [2.75, 3.05) is 0 Å². The first-order valence-corrected chi connectivity index (χ1v) is 9.37. The number of hydrogen-bond acceptors (Lipinski definition) is 3. The highest BCUT2D eigenvalue weighted by Crippen LogP contribution is 2.20. The predicted molar refractivity (Wildman–Crippen MR) is 102 cm³/mol. The van der Waals surface area contributed by atoms with Gasteiger partial charge in [-0.15, -0.1) is 0 Å². The fourth-order valence-corrected chi connectivity index (χ4v) is 3.40. The Bertz CT molecular complexity index is 807. The van der Waals surface area contributed by atoms with Gasteiger partial charge in [0.15, 0.2) is 0 Å². The number of hydrogen-bond donors (Lipinski definition) is 2. The highest BCUT2D eigenvalue weighted by molar-refractivity contribution is 5.94. The number of nitrogens with zero attached hydrogens (tertiary/aromatic N) is 1. The molecule has 142 valence electrons. The molecule has 1 aromatic carbocycles. The molecule has 2 amide bonds. The van der Waals surface area contributed by atoms with E-state index in [2.05, 4.69) is 15.6 Å². The lowest BCUT2D eigenvalue weighted by Crippen LogP contribution is -2.45. The lowest BCUT2D eigenvalue weighted by molar-refractivity contribution is -0.121. The Morgan fingerprint density at radius 2 is 1.93 bits per heavy atom. The Kier molecular flexibility index (Phi) is 6.16. The summed E-state index contributed by atoms with van der Waals surface area (Å²) in [6.45, 7) is 1.83. The molecule has 2 atom stereocenters. The maximum atomic E-state index is 13.3. The second kappa shape index (κ2) is 8.75. The maximum Gasteiger partial charge on any atom is 0.253 e. The number of carbonyl (C=O) groups is 2. The molecule has 1 aliphatic rings. The largest absolute Gasteiger partial charge is 0.353 e. The normalized spacial score (nSPS) is 19.3. The second-order valence-electron chi connectivity index (χ2n) is 6.90. The average Bonchev–Trinajstić information content (AvgIpc) is 2.68. The Hall–Kier alpha value is -2.76. The van der Waals surface area contributed by atoms with E-state index in [1.165, 1.54) is 18.3 Å². The minimum Gasteiger partial charge on any atom is -0.353 e. The number of benzene rings is 1. The van der Waals surface area contributed by atoms with Crippen LogP contribution in [0.15, 0.2) is 42.6 Å². The minimum atomic E-state index is -0.321. The van der Waals surface area contributed by atoms with Gasteiger partial charge in [-0.3, -0.25) is 14.6 Å². The summed E-state index contributed by atoms with van der Waals surface area (Å²) in [5.41, 5.74) is 1.75. The minimum absolute atomic E-state index is 0.0382. The van der Waals surface area contributed by atoms with E-state index in [9.17, 15) is 14.0 Å². The highest BCUT2D eigenvalue weighted by atomic mass is 19.1. The lowest BCUT2D eigenvalue weighted by Gasteiger charge is -2.30. The van der Waals surface area contributed by atoms with E-state index < -0.39 is 0 Å². The lowest BCUT2D eigenvalue weighted by atomic mass is 9.90. The van der Waals surface area contributed by atoms with Crippen LogP contribution >= 0.6 is 0 Å². The van der Waals surface area contributed by atoms with Crippen LogP contribution in [-0.2, 0) is 4.79 Å². The second-order valence-corrected chi connectivity index (χ2v) is 6.90. The molecule has 0 aliphatic heterocycles. The molecule has 0 bridgehead atoms. The van der Waals surface area contributed by atoms with Gasteiger partial charge in [0.05, 0.1) is 11.3 Å². The van der Waals surface area contributed by atoms with Gasteiger partial charge in [0.2, 0.25) is 5.91 Å². The van der Waals surface area contributed by atoms with Gasteiger partial charge >= 0.3 is 0 Å². The van der Waals surface area contributed by atoms with Gasteiger partial charge in [0, 0.05) is 30.3 Å². The third kappa shape index (κ3) is 5.12. The van der Waals surface area contributed by atoms with Crippen LogP contribution in [0.1, 0.15) is 49.4 Å². The number of carbonyl (C=O) groups excluding carboxylic acids is 2. The fraction of sp³-hybridized carbons (Fsp3) is 0.381. The van der Waals surface area contributed by atoms with E-state index >= 15 is 0 Å². The zero-order chi connectivity index (χ0) is 19.2. The number of pyridine rings is 1. The van der Waals surface area contributed by atoms with Crippen molar-refractivity contribution in [1.29, 1.82) is 0 Å². The number of nitrogens with one attached hydrogen (secondary N) is 2. The fourth-order valence-electron chi connectivity index (χ4n) is 3.40. The van der Waals surface area contributed by atoms with E-state index in [0.717, 1.165) is 25.7 Å². The summed E-state index contributed by atoms with van der Waals surface area (Å²) in [4.78, 5) is 28.4. The molecule has 1 aromatic heterocycles. The van der Waals surface area contributed by atoms with Crippen LogP contribution in [0.2, 0.25) is 0 Å². The average molecular weight is 369 g/mol. The van der Waals surface area contributed by atoms with Crippen molar-refractivity contribution in [1.82, 2.24) is 15.6 Å². The topological polar surface area (TPSA) is 71.1 Å². The molecule has 1 saturated carbocycles. The van der Waals surface area contributed by atoms with Gasteiger partial charge in [0.25, 0.3) is 5.91 Å². The van der Waals surface area contributed by atoms with Crippen molar-refractivity contribution in [3.05, 3.63) is 54.0 Å². The molecule has 0 unspecified atom stereocenters. The smallest absolute Gasteiger partial charge is 0.253 e. The van der Waals surface area contributed by atoms with Crippen molar-refractivity contribution in [2.45, 2.75) is 51.1 Å². The van der Waals surface area contributed by atoms with Crippen LogP contribution in [-0.4, -0.2) is 28.9 Å². The van der Waals surface area contributed by atoms with Crippen molar-refractivity contribution >= 4 is 11.8 Å². The quantitative estimate of drug-likeness (QED) is 0.848. The predicted octanol–water partition coefficient (Wildman–Crippen LogP) is 3.45. The monoisotopic (exact) mass is 369 g/mol. The molecule has 0 spiro atoms. The van der Waals surface area contributed by atoms with E-state index in [-0.39, 0.29) is 29.7 Å². The Labute approximate surface area is 158 Å². The van der Waals surface area contributed by atoms with Gasteiger partial charge in [0.1, 0.15) is 5.82 Å². The maximum absolute atomic E-state index is 13.3. The molecular weight excluding hydrogens is 345 g/mol. The standard InChI is InChI=1S/C21H24FN3O2/c1-2-20(26)24-17-7-4-8-18(12-17)25-21(27)15-9-10-19(23-13-15)14-5-3-6-16(22)11-14/h3,5-6,9-11,13,17-18H,2,4,7-8,12H2,1H3,(H,24,26)(H,25,27)/t17-,18+/m1/s1. The van der Waals surface area contributed by atoms with Crippen molar-refractivity contribution in [3.63, 3.8) is 0 Å². The van der Waals surface area contributed by atoms with Crippen molar-refractivity contribution < 1.29 is 14.0 Å². The summed E-state index contributed by atoms with van der Waals surface area (Å²) >= 11 is 0. The van der Waals surface area contributed by atoms with Crippen LogP contribution in [0.3, 0.4) is 0 Å². The van der Waals surface area contributed by atoms with E-state index in [1.54, 1.807) is 24.3 Å². The van der Waals surface area contributed by atoms with Gasteiger partial charge in [-0.1, -0.05) is 19.1 Å². The molecular formula is C21H24FN3O2. The first-order valence-electron chi connectivity index (χ1n) is 9.37. The SMILES string of the molecule is CCC(=O)N[C@@H]1CCC[C@H](NC(=O)c2ccc(-c3cccc(F)c3)nc2)C1. The van der Waals surface area contributed by atoms with Crippen molar-refractivity contribution in [3.8, 4) is 11.3 Å². The summed E-state index contributed by atoms with van der Waals surface area (Å²) in [6.07, 6.45) is 5.54. The summed E-state index contributed by atoms with van der Waals surface area (Å²) in [5.74, 6) is -0.456. The molecule has 2 N–H and O–H groups in total. The summed E-state index contributed by atoms with van der Waals surface area (Å²) < 4.78 is 13.3. The molecule has 1 aliphatic carbocycles. The zero-order valence-corrected chi connectivity index (χ0v) is 15.4. The zero-order valence-electron chi connectivity index (χ0n) is 15.4. The first-order chi connectivity index (χ1) is 13.0. The van der Waals surface area contributed by atoms with Gasteiger partial charge in [-0.25, -0.2) is 4.39 Å². The van der Waals surface area contributed by atoms with Crippen LogP contribution in [0, 0.1) is 5.82 Å². The van der Waals surface area contributed by atoms with E-state index in [1.807, 2.05) is 6.92 Å². The third-order valence-corrected chi connectivity index (χ3v) is 4.84. The Morgan fingerprint density at radius 1 is 1.15 bits per heavy atom. The van der Waals surface area contributed by atoms with Gasteiger partial charge in [-0.2, -0.15) is 0 Å². The summed E-state index contributed by atoms with van der Waals surface area (Å²) in [5, 5.41) is 6.04. The number of amides is 2. The third-order valence-electron chi connectivity index (χ3n) is 4.84. The molecule has 6 heteroatoms. The molecule has 0 saturated heterocycles. The van der Waals surface area contributed by atoms with E-state index in [4.69, 9.17) is 0 Å². The van der Waals surface area contributed by atoms with Gasteiger partial charge in [-0.05, 0) is 49.9 Å². The molecule has 1 heterocycles. The molecule has 3 rings (SSSR count). The highest BCUT2D eigenvalue weighted by Gasteiger charge is 2.24. The van der Waals surface area contributed by atoms with Gasteiger partial charge < -0.3 is 10.6 Å². The van der Waals surface area contributed by atoms with E-state index in [0.29, 0.717) is 23.2 Å². The summed E-state index contributed by atoms with van der Waals surface area (Å²) in [7, 11) is 0. The first kappa shape index (κ1) is 19.0. The molecule has 27 heavy (non-hydrogen) atoms. The molecule has 0 radical (unpaired) electrons. The molecule has 5 nitrogen and oxygen atoms in total. The van der Waals surface area contributed by atoms with Crippen LogP contribution in [0.5, 0.6) is 0 Å². The summed E-state index contributed by atoms with van der Waals surface area (Å²) in [6, 6.07) is 9.76. The number of rotatable bonds is 5. The molecule has 1 fully saturated rings. The van der Waals surface area contributed by atoms with Crippen LogP contribution in [0.4, 0.5) is 4.39 Å². The van der Waals surface area contributed by atoms with Crippen LogP contribution < -0.4 is 10.6 Å². The number of halogens is 1.